The lowest BCUT2D eigenvalue weighted by Crippen LogP contribution is -2.12. The van der Waals surface area contributed by atoms with Crippen LogP contribution >= 0.6 is 27.5 Å². The van der Waals surface area contributed by atoms with E-state index in [4.69, 9.17) is 5.11 Å². The smallest absolute Gasteiger partial charge is 0.263 e. The van der Waals surface area contributed by atoms with Gasteiger partial charge >= 0.3 is 0 Å². The second-order valence-corrected chi connectivity index (χ2v) is 6.58. The van der Waals surface area contributed by atoms with Gasteiger partial charge in [0, 0.05) is 16.0 Å². The van der Waals surface area contributed by atoms with Crippen molar-refractivity contribution in [1.82, 2.24) is 9.36 Å². The van der Waals surface area contributed by atoms with Crippen LogP contribution in [0.3, 0.4) is 0 Å². The summed E-state index contributed by atoms with van der Waals surface area (Å²) < 4.78 is 30.5. The van der Waals surface area contributed by atoms with Crippen molar-refractivity contribution >= 4 is 42.6 Å². The molecule has 0 amide bonds. The average Bonchev–Trinajstić information content (AvgIpc) is 2.81. The molecule has 0 bridgehead atoms. The highest BCUT2D eigenvalue weighted by molar-refractivity contribution is 9.10. The third-order valence-corrected chi connectivity index (χ3v) is 4.87. The molecule has 2 N–H and O–H groups in total. The highest BCUT2D eigenvalue weighted by Gasteiger charge is 2.16. The van der Waals surface area contributed by atoms with Crippen molar-refractivity contribution in [2.45, 2.75) is 11.5 Å². The van der Waals surface area contributed by atoms with Crippen LogP contribution in [0, 0.1) is 0 Å². The number of rotatable bonds is 4. The molecule has 0 radical (unpaired) electrons. The first kappa shape index (κ1) is 13.4. The van der Waals surface area contributed by atoms with E-state index in [0.717, 1.165) is 11.5 Å². The zero-order chi connectivity index (χ0) is 13.2. The van der Waals surface area contributed by atoms with E-state index in [2.05, 4.69) is 30.0 Å². The molecule has 6 nitrogen and oxygen atoms in total. The second-order valence-electron chi connectivity index (χ2n) is 3.26. The molecule has 0 aliphatic rings. The SMILES string of the molecule is O=S(=O)(Nc1ncns1)c1ccc(CO)c(Br)c1. The predicted molar refractivity (Wildman–Crippen MR) is 70.8 cm³/mol. The highest BCUT2D eigenvalue weighted by atomic mass is 79.9. The van der Waals surface area contributed by atoms with E-state index in [1.54, 1.807) is 6.07 Å². The molecule has 2 aromatic rings. The fourth-order valence-corrected chi connectivity index (χ4v) is 3.56. The molecule has 9 heteroatoms. The highest BCUT2D eigenvalue weighted by Crippen LogP contribution is 2.23. The number of benzene rings is 1. The van der Waals surface area contributed by atoms with Crippen molar-refractivity contribution < 1.29 is 13.5 Å². The Morgan fingerprint density at radius 1 is 1.44 bits per heavy atom. The molecular formula is C9H8BrN3O3S2. The fourth-order valence-electron chi connectivity index (χ4n) is 1.22. The van der Waals surface area contributed by atoms with Gasteiger partial charge in [-0.3, -0.25) is 4.72 Å². The molecule has 0 aliphatic heterocycles. The summed E-state index contributed by atoms with van der Waals surface area (Å²) in [5, 5.41) is 9.21. The van der Waals surface area contributed by atoms with Crippen LogP contribution < -0.4 is 4.72 Å². The Morgan fingerprint density at radius 3 is 2.78 bits per heavy atom. The summed E-state index contributed by atoms with van der Waals surface area (Å²) in [6, 6.07) is 4.38. The first-order valence-corrected chi connectivity index (χ1v) is 7.76. The summed E-state index contributed by atoms with van der Waals surface area (Å²) in [7, 11) is -3.68. The molecule has 1 heterocycles. The van der Waals surface area contributed by atoms with Gasteiger partial charge in [-0.15, -0.1) is 0 Å². The van der Waals surface area contributed by atoms with Gasteiger partial charge < -0.3 is 5.11 Å². The monoisotopic (exact) mass is 349 g/mol. The third-order valence-electron chi connectivity index (χ3n) is 2.09. The molecule has 0 unspecified atom stereocenters. The fraction of sp³-hybridized carbons (Fsp3) is 0.111. The van der Waals surface area contributed by atoms with E-state index in [0.29, 0.717) is 10.0 Å². The lowest BCUT2D eigenvalue weighted by atomic mass is 10.2. The van der Waals surface area contributed by atoms with Crippen molar-refractivity contribution in [1.29, 1.82) is 0 Å². The van der Waals surface area contributed by atoms with E-state index in [9.17, 15) is 8.42 Å². The summed E-state index contributed by atoms with van der Waals surface area (Å²) in [6.45, 7) is -0.162. The van der Waals surface area contributed by atoms with Gasteiger partial charge in [-0.25, -0.2) is 13.4 Å². The van der Waals surface area contributed by atoms with Gasteiger partial charge in [0.05, 0.1) is 11.5 Å². The Labute approximate surface area is 116 Å². The number of halogens is 1. The van der Waals surface area contributed by atoms with Gasteiger partial charge in [0.25, 0.3) is 10.0 Å². The molecule has 0 saturated heterocycles. The molecule has 1 aromatic heterocycles. The molecule has 2 rings (SSSR count). The number of hydrogen-bond acceptors (Lipinski definition) is 6. The maximum atomic E-state index is 12.0. The summed E-state index contributed by atoms with van der Waals surface area (Å²) in [6.07, 6.45) is 1.27. The zero-order valence-electron chi connectivity index (χ0n) is 8.87. The summed E-state index contributed by atoms with van der Waals surface area (Å²) in [5.41, 5.74) is 0.616. The first-order valence-electron chi connectivity index (χ1n) is 4.72. The van der Waals surface area contributed by atoms with Crippen molar-refractivity contribution in [3.8, 4) is 0 Å². The second kappa shape index (κ2) is 5.31. The molecule has 0 atom stereocenters. The molecule has 0 fully saturated rings. The van der Waals surface area contributed by atoms with E-state index < -0.39 is 10.0 Å². The number of sulfonamides is 1. The normalized spacial score (nSPS) is 11.4. The number of aromatic nitrogens is 2. The number of aliphatic hydroxyl groups is 1. The molecule has 18 heavy (non-hydrogen) atoms. The van der Waals surface area contributed by atoms with Gasteiger partial charge in [-0.2, -0.15) is 4.37 Å². The lowest BCUT2D eigenvalue weighted by Gasteiger charge is -2.07. The van der Waals surface area contributed by atoms with E-state index in [-0.39, 0.29) is 16.6 Å². The standard InChI is InChI=1S/C9H8BrN3O3S2/c10-8-3-7(2-1-6(8)4-14)18(15,16)13-9-11-5-12-17-9/h1-3,5,14H,4H2,(H,11,12,13). The van der Waals surface area contributed by atoms with Gasteiger partial charge in [-0.05, 0) is 17.7 Å². The zero-order valence-corrected chi connectivity index (χ0v) is 12.1. The molecule has 0 aliphatic carbocycles. The Balaban J connectivity index is 2.33. The van der Waals surface area contributed by atoms with E-state index in [1.165, 1.54) is 18.5 Å². The minimum Gasteiger partial charge on any atom is -0.392 e. The molecule has 0 spiro atoms. The minimum absolute atomic E-state index is 0.0850. The van der Waals surface area contributed by atoms with E-state index in [1.807, 2.05) is 0 Å². The third kappa shape index (κ3) is 2.86. The minimum atomic E-state index is -3.68. The van der Waals surface area contributed by atoms with Crippen LogP contribution in [-0.2, 0) is 16.6 Å². The van der Waals surface area contributed by atoms with Gasteiger partial charge in [0.15, 0.2) is 0 Å². The summed E-state index contributed by atoms with van der Waals surface area (Å²) in [5.74, 6) is 0. The Morgan fingerprint density at radius 2 is 2.22 bits per heavy atom. The van der Waals surface area contributed by atoms with Crippen LogP contribution in [0.2, 0.25) is 0 Å². The average molecular weight is 350 g/mol. The van der Waals surface area contributed by atoms with Gasteiger partial charge in [0.1, 0.15) is 6.33 Å². The van der Waals surface area contributed by atoms with Crippen LogP contribution in [-0.4, -0.2) is 22.9 Å². The number of hydrogen-bond donors (Lipinski definition) is 2. The maximum Gasteiger partial charge on any atom is 0.263 e. The Kier molecular flexibility index (Phi) is 3.95. The lowest BCUT2D eigenvalue weighted by molar-refractivity contribution is 0.281. The summed E-state index contributed by atoms with van der Waals surface area (Å²) >= 11 is 4.15. The van der Waals surface area contributed by atoms with Crippen molar-refractivity contribution in [2.24, 2.45) is 0 Å². The van der Waals surface area contributed by atoms with Crippen LogP contribution in [0.4, 0.5) is 5.13 Å². The van der Waals surface area contributed by atoms with Gasteiger partial charge in [0.2, 0.25) is 5.13 Å². The summed E-state index contributed by atoms with van der Waals surface area (Å²) in [4.78, 5) is 3.83. The number of nitrogens with one attached hydrogen (secondary N) is 1. The Bertz CT molecular complexity index is 643. The quantitative estimate of drug-likeness (QED) is 0.874. The van der Waals surface area contributed by atoms with Gasteiger partial charge in [-0.1, -0.05) is 22.0 Å². The maximum absolute atomic E-state index is 12.0. The predicted octanol–water partition coefficient (Wildman–Crippen LogP) is 1.59. The van der Waals surface area contributed by atoms with E-state index >= 15 is 0 Å². The number of nitrogens with zero attached hydrogens (tertiary/aromatic N) is 2. The number of aliphatic hydroxyl groups excluding tert-OH is 1. The molecule has 1 aromatic carbocycles. The van der Waals surface area contributed by atoms with Crippen LogP contribution in [0.5, 0.6) is 0 Å². The largest absolute Gasteiger partial charge is 0.392 e. The van der Waals surface area contributed by atoms with Crippen LogP contribution in [0.1, 0.15) is 5.56 Å². The van der Waals surface area contributed by atoms with Crippen LogP contribution in [0.25, 0.3) is 0 Å². The molecule has 96 valence electrons. The first-order chi connectivity index (χ1) is 8.53. The van der Waals surface area contributed by atoms with Crippen molar-refractivity contribution in [3.63, 3.8) is 0 Å². The topological polar surface area (TPSA) is 92.2 Å². The molecular weight excluding hydrogens is 342 g/mol. The van der Waals surface area contributed by atoms with Crippen molar-refractivity contribution in [3.05, 3.63) is 34.6 Å². The van der Waals surface area contributed by atoms with Crippen LogP contribution in [0.15, 0.2) is 33.9 Å². The van der Waals surface area contributed by atoms with Crippen molar-refractivity contribution in [2.75, 3.05) is 4.72 Å². The number of anilines is 1. The Hall–Kier alpha value is -1.03. The molecule has 0 saturated carbocycles.